The van der Waals surface area contributed by atoms with Crippen LogP contribution in [0.1, 0.15) is 19.3 Å². The van der Waals surface area contributed by atoms with E-state index in [0.717, 1.165) is 50.2 Å². The SMILES string of the molecule is Cl.O=C(CCNS(=O)(=O)c1ccc([N+](=O)[O-])cc1)NC1CCCNC1. The van der Waals surface area contributed by atoms with E-state index in [1.54, 1.807) is 0 Å². The second-order valence-electron chi connectivity index (χ2n) is 5.51. The average Bonchev–Trinajstić information content (AvgIpc) is 2.55. The molecule has 0 bridgehead atoms. The molecule has 9 nitrogen and oxygen atoms in total. The van der Waals surface area contributed by atoms with Crippen LogP contribution in [0.25, 0.3) is 0 Å². The maximum Gasteiger partial charge on any atom is 0.269 e. The van der Waals surface area contributed by atoms with Gasteiger partial charge in [-0.05, 0) is 31.5 Å². The Morgan fingerprint density at radius 1 is 1.32 bits per heavy atom. The molecule has 0 aromatic heterocycles. The lowest BCUT2D eigenvalue weighted by Crippen LogP contribution is -2.46. The number of nitrogens with one attached hydrogen (secondary N) is 3. The van der Waals surface area contributed by atoms with Gasteiger partial charge in [-0.3, -0.25) is 14.9 Å². The number of sulfonamides is 1. The average molecular weight is 393 g/mol. The summed E-state index contributed by atoms with van der Waals surface area (Å²) >= 11 is 0. The fraction of sp³-hybridized carbons (Fsp3) is 0.500. The molecule has 1 aliphatic rings. The van der Waals surface area contributed by atoms with Crippen LogP contribution in [0.15, 0.2) is 29.2 Å². The van der Waals surface area contributed by atoms with Crippen molar-refractivity contribution in [1.29, 1.82) is 0 Å². The molecule has 1 fully saturated rings. The minimum Gasteiger partial charge on any atom is -0.352 e. The van der Waals surface area contributed by atoms with Crippen molar-refractivity contribution in [2.24, 2.45) is 0 Å². The summed E-state index contributed by atoms with van der Waals surface area (Å²) in [5, 5.41) is 16.6. The maximum absolute atomic E-state index is 12.1. The summed E-state index contributed by atoms with van der Waals surface area (Å²) in [6, 6.07) is 4.65. The zero-order chi connectivity index (χ0) is 17.6. The number of nitro benzene ring substituents is 1. The number of nitrogens with zero attached hydrogens (tertiary/aromatic N) is 1. The normalized spacial score (nSPS) is 17.4. The predicted molar refractivity (Wildman–Crippen MR) is 94.2 cm³/mol. The van der Waals surface area contributed by atoms with Crippen molar-refractivity contribution in [3.8, 4) is 0 Å². The molecule has 0 saturated carbocycles. The summed E-state index contributed by atoms with van der Waals surface area (Å²) in [6.07, 6.45) is 1.94. The minimum absolute atomic E-state index is 0. The highest BCUT2D eigenvalue weighted by Gasteiger charge is 2.18. The van der Waals surface area contributed by atoms with E-state index in [2.05, 4.69) is 15.4 Å². The third-order valence-corrected chi connectivity index (χ3v) is 5.14. The molecule has 2 rings (SSSR count). The first-order valence-corrected chi connectivity index (χ1v) is 9.11. The second kappa shape index (κ2) is 9.66. The lowest BCUT2D eigenvalue weighted by atomic mass is 10.1. The number of rotatable bonds is 7. The molecule has 0 radical (unpaired) electrons. The van der Waals surface area contributed by atoms with Gasteiger partial charge in [-0.15, -0.1) is 12.4 Å². The lowest BCUT2D eigenvalue weighted by molar-refractivity contribution is -0.384. The van der Waals surface area contributed by atoms with Gasteiger partial charge >= 0.3 is 0 Å². The van der Waals surface area contributed by atoms with Gasteiger partial charge in [0.2, 0.25) is 15.9 Å². The van der Waals surface area contributed by atoms with Crippen LogP contribution in [0, 0.1) is 10.1 Å². The fourth-order valence-corrected chi connectivity index (χ4v) is 3.44. The highest BCUT2D eigenvalue weighted by molar-refractivity contribution is 7.89. The van der Waals surface area contributed by atoms with E-state index in [9.17, 15) is 23.3 Å². The van der Waals surface area contributed by atoms with Gasteiger partial charge in [0.1, 0.15) is 0 Å². The Bertz CT molecular complexity index is 690. The van der Waals surface area contributed by atoms with Crippen molar-refractivity contribution in [3.63, 3.8) is 0 Å². The molecule has 1 heterocycles. The van der Waals surface area contributed by atoms with E-state index in [-0.39, 0.29) is 47.9 Å². The Morgan fingerprint density at radius 3 is 2.56 bits per heavy atom. The Labute approximate surface area is 152 Å². The van der Waals surface area contributed by atoms with Gasteiger partial charge in [-0.25, -0.2) is 13.1 Å². The van der Waals surface area contributed by atoms with Crippen molar-refractivity contribution in [1.82, 2.24) is 15.4 Å². The number of nitro groups is 1. The van der Waals surface area contributed by atoms with E-state index < -0.39 is 14.9 Å². The van der Waals surface area contributed by atoms with E-state index in [4.69, 9.17) is 0 Å². The number of benzene rings is 1. The Hall–Kier alpha value is -1.75. The zero-order valence-corrected chi connectivity index (χ0v) is 15.1. The lowest BCUT2D eigenvalue weighted by Gasteiger charge is -2.23. The highest BCUT2D eigenvalue weighted by Crippen LogP contribution is 2.15. The number of carbonyl (C=O) groups excluding carboxylic acids is 1. The highest BCUT2D eigenvalue weighted by atomic mass is 35.5. The van der Waals surface area contributed by atoms with E-state index >= 15 is 0 Å². The number of halogens is 1. The van der Waals surface area contributed by atoms with E-state index in [1.165, 1.54) is 0 Å². The Kier molecular flexibility index (Phi) is 8.23. The number of hydrogen-bond donors (Lipinski definition) is 3. The molecule has 11 heteroatoms. The van der Waals surface area contributed by atoms with Crippen molar-refractivity contribution in [2.45, 2.75) is 30.2 Å². The van der Waals surface area contributed by atoms with Crippen molar-refractivity contribution >= 4 is 34.0 Å². The molecule has 0 spiro atoms. The van der Waals surface area contributed by atoms with Crippen LogP contribution in [0.2, 0.25) is 0 Å². The number of piperidine rings is 1. The standard InChI is InChI=1S/C14H20N4O5S.ClH/c19-14(17-11-2-1-8-15-10-11)7-9-16-24(22,23)13-5-3-12(4-6-13)18(20)21;/h3-6,11,15-16H,1-2,7-10H2,(H,17,19);1H. The first-order chi connectivity index (χ1) is 11.4. The molecule has 1 aromatic rings. The molecule has 1 aliphatic heterocycles. The monoisotopic (exact) mass is 392 g/mol. The second-order valence-corrected chi connectivity index (χ2v) is 7.28. The maximum atomic E-state index is 12.1. The smallest absolute Gasteiger partial charge is 0.269 e. The van der Waals surface area contributed by atoms with Crippen LogP contribution in [-0.4, -0.2) is 44.9 Å². The zero-order valence-electron chi connectivity index (χ0n) is 13.4. The first kappa shape index (κ1) is 21.3. The number of hydrogen-bond acceptors (Lipinski definition) is 6. The molecule has 25 heavy (non-hydrogen) atoms. The van der Waals surface area contributed by atoms with E-state index in [0.29, 0.717) is 0 Å². The molecule has 1 unspecified atom stereocenters. The van der Waals surface area contributed by atoms with Crippen LogP contribution in [0.3, 0.4) is 0 Å². The molecule has 0 aliphatic carbocycles. The number of carbonyl (C=O) groups is 1. The van der Waals surface area contributed by atoms with Crippen LogP contribution in [-0.2, 0) is 14.8 Å². The van der Waals surface area contributed by atoms with Gasteiger partial charge in [-0.2, -0.15) is 0 Å². The van der Waals surface area contributed by atoms with Crippen LogP contribution in [0.5, 0.6) is 0 Å². The van der Waals surface area contributed by atoms with Gasteiger partial charge in [0.05, 0.1) is 9.82 Å². The van der Waals surface area contributed by atoms with Gasteiger partial charge < -0.3 is 10.6 Å². The largest absolute Gasteiger partial charge is 0.352 e. The Morgan fingerprint density at radius 2 is 2.00 bits per heavy atom. The van der Waals surface area contributed by atoms with Crippen molar-refractivity contribution < 1.29 is 18.1 Å². The van der Waals surface area contributed by atoms with Crippen LogP contribution >= 0.6 is 12.4 Å². The molecular formula is C14H21ClN4O5S. The summed E-state index contributed by atoms with van der Waals surface area (Å²) < 4.78 is 26.4. The topological polar surface area (TPSA) is 130 Å². The molecule has 1 amide bonds. The third-order valence-electron chi connectivity index (χ3n) is 3.66. The van der Waals surface area contributed by atoms with Crippen LogP contribution < -0.4 is 15.4 Å². The molecule has 1 aromatic carbocycles. The third kappa shape index (κ3) is 6.58. The molecule has 1 saturated heterocycles. The van der Waals surface area contributed by atoms with Gasteiger partial charge in [0.25, 0.3) is 5.69 Å². The Balaban J connectivity index is 0.00000312. The molecular weight excluding hydrogens is 372 g/mol. The summed E-state index contributed by atoms with van der Waals surface area (Å²) in [6.45, 7) is 1.63. The summed E-state index contributed by atoms with van der Waals surface area (Å²) in [5.41, 5.74) is -0.186. The molecule has 140 valence electrons. The summed E-state index contributed by atoms with van der Waals surface area (Å²) in [5.74, 6) is -0.213. The summed E-state index contributed by atoms with van der Waals surface area (Å²) in [7, 11) is -3.80. The van der Waals surface area contributed by atoms with Gasteiger partial charge in [0.15, 0.2) is 0 Å². The molecule has 1 atom stereocenters. The molecule has 3 N–H and O–H groups in total. The van der Waals surface area contributed by atoms with Crippen molar-refractivity contribution in [2.75, 3.05) is 19.6 Å². The fourth-order valence-electron chi connectivity index (χ4n) is 2.40. The van der Waals surface area contributed by atoms with E-state index in [1.807, 2.05) is 0 Å². The number of amides is 1. The first-order valence-electron chi connectivity index (χ1n) is 7.63. The predicted octanol–water partition coefficient (Wildman–Crippen LogP) is 0.553. The van der Waals surface area contributed by atoms with Gasteiger partial charge in [-0.1, -0.05) is 0 Å². The van der Waals surface area contributed by atoms with Crippen molar-refractivity contribution in [3.05, 3.63) is 34.4 Å². The van der Waals surface area contributed by atoms with Crippen LogP contribution in [0.4, 0.5) is 5.69 Å². The number of non-ortho nitro benzene ring substituents is 1. The minimum atomic E-state index is -3.80. The quantitative estimate of drug-likeness (QED) is 0.459. The van der Waals surface area contributed by atoms with Gasteiger partial charge in [0, 0.05) is 37.7 Å². The summed E-state index contributed by atoms with van der Waals surface area (Å²) in [4.78, 5) is 21.7.